The molecule has 0 aliphatic rings. The van der Waals surface area contributed by atoms with E-state index in [9.17, 15) is 31.5 Å². The van der Waals surface area contributed by atoms with E-state index < -0.39 is 41.4 Å². The van der Waals surface area contributed by atoms with Gasteiger partial charge >= 0.3 is 12.1 Å². The molecular weight excluding hydrogens is 385 g/mol. The lowest BCUT2D eigenvalue weighted by Crippen LogP contribution is -2.29. The standard InChI is InChI=1S/C19H14F5NO3/c1-11(18(27)25-16-8-7-14(20)10-15(16)21)28-17(26)9-4-12-2-5-13(6-3-12)19(22,23)24/h2-11H,1H3,(H,25,27)/b9-4+/t11-/m1/s1. The van der Waals surface area contributed by atoms with Crippen LogP contribution in [0.2, 0.25) is 0 Å². The van der Waals surface area contributed by atoms with Gasteiger partial charge in [0.2, 0.25) is 0 Å². The number of anilines is 1. The van der Waals surface area contributed by atoms with Crippen molar-refractivity contribution < 1.29 is 36.3 Å². The lowest BCUT2D eigenvalue weighted by molar-refractivity contribution is -0.148. The van der Waals surface area contributed by atoms with E-state index >= 15 is 0 Å². The van der Waals surface area contributed by atoms with Crippen LogP contribution in [-0.2, 0) is 20.5 Å². The number of amides is 1. The Labute approximate surface area is 156 Å². The molecule has 0 aromatic heterocycles. The van der Waals surface area contributed by atoms with Crippen LogP contribution >= 0.6 is 0 Å². The number of ether oxygens (including phenoxy) is 1. The topological polar surface area (TPSA) is 55.4 Å². The van der Waals surface area contributed by atoms with Crippen LogP contribution in [0.5, 0.6) is 0 Å². The minimum absolute atomic E-state index is 0.283. The molecule has 0 spiro atoms. The molecule has 1 N–H and O–H groups in total. The summed E-state index contributed by atoms with van der Waals surface area (Å²) in [6, 6.07) is 6.60. The predicted octanol–water partition coefficient (Wildman–Crippen LogP) is 4.57. The van der Waals surface area contributed by atoms with Crippen LogP contribution in [0, 0.1) is 11.6 Å². The van der Waals surface area contributed by atoms with Gasteiger partial charge in [0.25, 0.3) is 5.91 Å². The molecule has 148 valence electrons. The van der Waals surface area contributed by atoms with Gasteiger partial charge in [-0.1, -0.05) is 12.1 Å². The van der Waals surface area contributed by atoms with Crippen LogP contribution in [-0.4, -0.2) is 18.0 Å². The van der Waals surface area contributed by atoms with Crippen molar-refractivity contribution in [1.29, 1.82) is 0 Å². The van der Waals surface area contributed by atoms with Crippen LogP contribution < -0.4 is 5.32 Å². The molecule has 4 nitrogen and oxygen atoms in total. The molecule has 9 heteroatoms. The molecule has 1 atom stereocenters. The number of nitrogens with one attached hydrogen (secondary N) is 1. The Balaban J connectivity index is 1.92. The van der Waals surface area contributed by atoms with Crippen molar-refractivity contribution in [1.82, 2.24) is 0 Å². The van der Waals surface area contributed by atoms with Gasteiger partial charge in [0, 0.05) is 12.1 Å². The zero-order chi connectivity index (χ0) is 20.9. The average molecular weight is 399 g/mol. The normalized spacial score (nSPS) is 12.6. The number of halogens is 5. The summed E-state index contributed by atoms with van der Waals surface area (Å²) < 4.78 is 68.6. The first-order valence-electron chi connectivity index (χ1n) is 7.88. The number of alkyl halides is 3. The molecule has 0 saturated carbocycles. The fourth-order valence-electron chi connectivity index (χ4n) is 2.04. The third-order valence-corrected chi connectivity index (χ3v) is 3.50. The molecule has 0 fully saturated rings. The van der Waals surface area contributed by atoms with Gasteiger partial charge < -0.3 is 10.1 Å². The second-order valence-corrected chi connectivity index (χ2v) is 5.65. The summed E-state index contributed by atoms with van der Waals surface area (Å²) in [5.74, 6) is -3.58. The molecule has 0 heterocycles. The van der Waals surface area contributed by atoms with Crippen molar-refractivity contribution >= 4 is 23.6 Å². The van der Waals surface area contributed by atoms with E-state index in [4.69, 9.17) is 4.74 Å². The molecule has 0 radical (unpaired) electrons. The van der Waals surface area contributed by atoms with E-state index in [2.05, 4.69) is 5.32 Å². The Morgan fingerprint density at radius 3 is 2.29 bits per heavy atom. The second-order valence-electron chi connectivity index (χ2n) is 5.65. The van der Waals surface area contributed by atoms with E-state index in [-0.39, 0.29) is 5.69 Å². The molecule has 0 aliphatic carbocycles. The van der Waals surface area contributed by atoms with E-state index in [1.54, 1.807) is 0 Å². The summed E-state index contributed by atoms with van der Waals surface area (Å²) >= 11 is 0. The Morgan fingerprint density at radius 2 is 1.71 bits per heavy atom. The Bertz CT molecular complexity index is 891. The number of hydrogen-bond acceptors (Lipinski definition) is 3. The van der Waals surface area contributed by atoms with Gasteiger partial charge in [-0.15, -0.1) is 0 Å². The monoisotopic (exact) mass is 399 g/mol. The van der Waals surface area contributed by atoms with Gasteiger partial charge in [-0.3, -0.25) is 4.79 Å². The molecule has 0 bridgehead atoms. The predicted molar refractivity (Wildman–Crippen MR) is 91.0 cm³/mol. The maximum atomic E-state index is 13.5. The highest BCUT2D eigenvalue weighted by molar-refractivity contribution is 5.96. The number of esters is 1. The fraction of sp³-hybridized carbons (Fsp3) is 0.158. The third-order valence-electron chi connectivity index (χ3n) is 3.50. The quantitative estimate of drug-likeness (QED) is 0.455. The average Bonchev–Trinajstić information content (AvgIpc) is 2.61. The first kappa shape index (κ1) is 21.1. The SMILES string of the molecule is C[C@@H](OC(=O)/C=C/c1ccc(C(F)(F)F)cc1)C(=O)Nc1ccc(F)cc1F. The number of benzene rings is 2. The maximum absolute atomic E-state index is 13.5. The van der Waals surface area contributed by atoms with E-state index in [0.29, 0.717) is 11.6 Å². The highest BCUT2D eigenvalue weighted by Gasteiger charge is 2.29. The fourth-order valence-corrected chi connectivity index (χ4v) is 2.04. The van der Waals surface area contributed by atoms with Crippen molar-refractivity contribution in [3.63, 3.8) is 0 Å². The van der Waals surface area contributed by atoms with Gasteiger partial charge in [0.05, 0.1) is 11.3 Å². The van der Waals surface area contributed by atoms with Gasteiger partial charge in [-0.05, 0) is 42.8 Å². The summed E-state index contributed by atoms with van der Waals surface area (Å²) in [6.07, 6.45) is -3.61. The van der Waals surface area contributed by atoms with Crippen molar-refractivity contribution in [2.24, 2.45) is 0 Å². The third kappa shape index (κ3) is 5.90. The molecule has 0 unspecified atom stereocenters. The van der Waals surface area contributed by atoms with Crippen LogP contribution in [0.25, 0.3) is 6.08 Å². The van der Waals surface area contributed by atoms with Gasteiger partial charge in [-0.2, -0.15) is 13.2 Å². The summed E-state index contributed by atoms with van der Waals surface area (Å²) in [5, 5.41) is 2.15. The summed E-state index contributed by atoms with van der Waals surface area (Å²) in [4.78, 5) is 23.6. The lowest BCUT2D eigenvalue weighted by Gasteiger charge is -2.12. The first-order valence-corrected chi connectivity index (χ1v) is 7.88. The van der Waals surface area contributed by atoms with E-state index in [1.807, 2.05) is 0 Å². The number of carbonyl (C=O) groups is 2. The van der Waals surface area contributed by atoms with Crippen molar-refractivity contribution in [2.45, 2.75) is 19.2 Å². The van der Waals surface area contributed by atoms with Crippen molar-refractivity contribution in [2.75, 3.05) is 5.32 Å². The summed E-state index contributed by atoms with van der Waals surface area (Å²) in [7, 11) is 0. The Morgan fingerprint density at radius 1 is 1.07 bits per heavy atom. The van der Waals surface area contributed by atoms with Gasteiger partial charge in [-0.25, -0.2) is 13.6 Å². The van der Waals surface area contributed by atoms with E-state index in [0.717, 1.165) is 30.3 Å². The van der Waals surface area contributed by atoms with Crippen LogP contribution in [0.4, 0.5) is 27.6 Å². The molecular formula is C19H14F5NO3. The molecule has 28 heavy (non-hydrogen) atoms. The van der Waals surface area contributed by atoms with Gasteiger partial charge in [0.15, 0.2) is 6.10 Å². The number of rotatable bonds is 5. The van der Waals surface area contributed by atoms with Crippen molar-refractivity contribution in [3.05, 3.63) is 71.3 Å². The lowest BCUT2D eigenvalue weighted by atomic mass is 10.1. The smallest absolute Gasteiger partial charge is 0.416 e. The molecule has 2 aromatic rings. The Hall–Kier alpha value is -3.23. The zero-order valence-electron chi connectivity index (χ0n) is 14.4. The highest BCUT2D eigenvalue weighted by Crippen LogP contribution is 2.29. The minimum Gasteiger partial charge on any atom is -0.449 e. The van der Waals surface area contributed by atoms with E-state index in [1.165, 1.54) is 25.1 Å². The second kappa shape index (κ2) is 8.64. The largest absolute Gasteiger partial charge is 0.449 e. The van der Waals surface area contributed by atoms with Gasteiger partial charge in [0.1, 0.15) is 11.6 Å². The highest BCUT2D eigenvalue weighted by atomic mass is 19.4. The number of carbonyl (C=O) groups excluding carboxylic acids is 2. The summed E-state index contributed by atoms with van der Waals surface area (Å²) in [5.41, 5.74) is -0.796. The van der Waals surface area contributed by atoms with Crippen LogP contribution in [0.3, 0.4) is 0 Å². The maximum Gasteiger partial charge on any atom is 0.416 e. The first-order chi connectivity index (χ1) is 13.1. The number of hydrogen-bond donors (Lipinski definition) is 1. The zero-order valence-corrected chi connectivity index (χ0v) is 14.4. The minimum atomic E-state index is -4.46. The Kier molecular flexibility index (Phi) is 6.50. The molecule has 1 amide bonds. The summed E-state index contributed by atoms with van der Waals surface area (Å²) in [6.45, 7) is 1.24. The molecule has 2 rings (SSSR count). The van der Waals surface area contributed by atoms with Crippen LogP contribution in [0.15, 0.2) is 48.5 Å². The molecule has 2 aromatic carbocycles. The molecule has 0 saturated heterocycles. The van der Waals surface area contributed by atoms with Crippen LogP contribution in [0.1, 0.15) is 18.1 Å². The molecule has 0 aliphatic heterocycles. The van der Waals surface area contributed by atoms with Crippen molar-refractivity contribution in [3.8, 4) is 0 Å².